The van der Waals surface area contributed by atoms with Crippen LogP contribution in [-0.4, -0.2) is 18.3 Å². The zero-order valence-corrected chi connectivity index (χ0v) is 9.43. The van der Waals surface area contributed by atoms with E-state index in [0.29, 0.717) is 6.61 Å². The number of nitrogens with one attached hydrogen (secondary N) is 1. The third-order valence-corrected chi connectivity index (χ3v) is 3.43. The first-order valence-electron chi connectivity index (χ1n) is 5.31. The van der Waals surface area contributed by atoms with Crippen molar-refractivity contribution in [2.24, 2.45) is 5.41 Å². The molecule has 2 nitrogen and oxygen atoms in total. The molecule has 0 spiro atoms. The lowest BCUT2D eigenvalue weighted by Crippen LogP contribution is -2.26. The Morgan fingerprint density at radius 2 is 2.07 bits per heavy atom. The maximum atomic E-state index is 9.14. The molecule has 0 aromatic heterocycles. The number of halogens is 1. The molecule has 15 heavy (non-hydrogen) atoms. The van der Waals surface area contributed by atoms with E-state index in [4.69, 9.17) is 16.7 Å². The monoisotopic (exact) mass is 225 g/mol. The Kier molecular flexibility index (Phi) is 3.29. The standard InChI is InChI=1S/C12H16ClNO/c13-11-4-2-1-3-10(11)7-14-8-12(9-15)5-6-12/h1-4,14-15H,5-9H2. The van der Waals surface area contributed by atoms with Gasteiger partial charge in [0.05, 0.1) is 0 Å². The van der Waals surface area contributed by atoms with Crippen LogP contribution in [0.1, 0.15) is 18.4 Å². The zero-order valence-electron chi connectivity index (χ0n) is 8.67. The average molecular weight is 226 g/mol. The van der Waals surface area contributed by atoms with Gasteiger partial charge in [-0.15, -0.1) is 0 Å². The Hall–Kier alpha value is -0.570. The summed E-state index contributed by atoms with van der Waals surface area (Å²) in [5.41, 5.74) is 1.29. The van der Waals surface area contributed by atoms with Gasteiger partial charge in [0.25, 0.3) is 0 Å². The molecule has 2 N–H and O–H groups in total. The van der Waals surface area contributed by atoms with E-state index in [2.05, 4.69) is 5.32 Å². The van der Waals surface area contributed by atoms with Crippen LogP contribution >= 0.6 is 11.6 Å². The fourth-order valence-electron chi connectivity index (χ4n) is 1.67. The predicted octanol–water partition coefficient (Wildman–Crippen LogP) is 2.20. The van der Waals surface area contributed by atoms with Gasteiger partial charge in [0.15, 0.2) is 0 Å². The second kappa shape index (κ2) is 4.52. The van der Waals surface area contributed by atoms with E-state index >= 15 is 0 Å². The topological polar surface area (TPSA) is 32.3 Å². The third-order valence-electron chi connectivity index (χ3n) is 3.07. The first-order valence-corrected chi connectivity index (χ1v) is 5.69. The molecule has 1 aromatic rings. The number of aliphatic hydroxyl groups is 1. The number of hydrogen-bond donors (Lipinski definition) is 2. The fourth-order valence-corrected chi connectivity index (χ4v) is 1.87. The highest BCUT2D eigenvalue weighted by Crippen LogP contribution is 2.44. The van der Waals surface area contributed by atoms with Gasteiger partial charge in [-0.1, -0.05) is 29.8 Å². The van der Waals surface area contributed by atoms with Crippen molar-refractivity contribution >= 4 is 11.6 Å². The minimum atomic E-state index is 0.168. The van der Waals surface area contributed by atoms with Crippen molar-refractivity contribution in [3.63, 3.8) is 0 Å². The SMILES string of the molecule is OCC1(CNCc2ccccc2Cl)CC1. The van der Waals surface area contributed by atoms with E-state index in [1.54, 1.807) is 0 Å². The van der Waals surface area contributed by atoms with Crippen molar-refractivity contribution < 1.29 is 5.11 Å². The summed E-state index contributed by atoms with van der Waals surface area (Å²) >= 11 is 6.03. The fraction of sp³-hybridized carbons (Fsp3) is 0.500. The largest absolute Gasteiger partial charge is 0.396 e. The Morgan fingerprint density at radius 1 is 1.33 bits per heavy atom. The minimum absolute atomic E-state index is 0.168. The number of benzene rings is 1. The molecule has 2 rings (SSSR count). The second-order valence-corrected chi connectivity index (χ2v) is 4.76. The summed E-state index contributed by atoms with van der Waals surface area (Å²) in [5, 5.41) is 13.3. The molecule has 1 fully saturated rings. The van der Waals surface area contributed by atoms with Gasteiger partial charge in [-0.2, -0.15) is 0 Å². The van der Waals surface area contributed by atoms with Gasteiger partial charge in [-0.3, -0.25) is 0 Å². The van der Waals surface area contributed by atoms with Crippen molar-refractivity contribution in [3.8, 4) is 0 Å². The summed E-state index contributed by atoms with van der Waals surface area (Å²) in [5.74, 6) is 0. The third kappa shape index (κ3) is 2.71. The van der Waals surface area contributed by atoms with Crippen molar-refractivity contribution in [1.29, 1.82) is 0 Å². The lowest BCUT2D eigenvalue weighted by Gasteiger charge is -2.13. The molecular formula is C12H16ClNO. The molecule has 0 unspecified atom stereocenters. The minimum Gasteiger partial charge on any atom is -0.396 e. The maximum Gasteiger partial charge on any atom is 0.0499 e. The van der Waals surface area contributed by atoms with Gasteiger partial charge in [0, 0.05) is 30.1 Å². The van der Waals surface area contributed by atoms with E-state index in [0.717, 1.165) is 36.5 Å². The summed E-state index contributed by atoms with van der Waals surface area (Å²) in [6.45, 7) is 1.96. The molecule has 0 saturated heterocycles. The Bertz CT molecular complexity index is 336. The molecule has 0 radical (unpaired) electrons. The van der Waals surface area contributed by atoms with Crippen LogP contribution in [0.3, 0.4) is 0 Å². The Balaban J connectivity index is 1.81. The molecule has 0 bridgehead atoms. The molecule has 1 saturated carbocycles. The van der Waals surface area contributed by atoms with E-state index in [1.807, 2.05) is 24.3 Å². The highest BCUT2D eigenvalue weighted by molar-refractivity contribution is 6.31. The normalized spacial score (nSPS) is 17.7. The van der Waals surface area contributed by atoms with E-state index in [9.17, 15) is 0 Å². The van der Waals surface area contributed by atoms with Crippen LogP contribution in [0.25, 0.3) is 0 Å². The summed E-state index contributed by atoms with van der Waals surface area (Å²) in [4.78, 5) is 0. The lowest BCUT2D eigenvalue weighted by molar-refractivity contribution is 0.207. The van der Waals surface area contributed by atoms with Gasteiger partial charge in [0.1, 0.15) is 0 Å². The van der Waals surface area contributed by atoms with Gasteiger partial charge >= 0.3 is 0 Å². The van der Waals surface area contributed by atoms with Crippen molar-refractivity contribution in [1.82, 2.24) is 5.32 Å². The maximum absolute atomic E-state index is 9.14. The van der Waals surface area contributed by atoms with E-state index in [1.165, 1.54) is 0 Å². The Morgan fingerprint density at radius 3 is 2.67 bits per heavy atom. The molecule has 1 aliphatic rings. The van der Waals surface area contributed by atoms with Crippen LogP contribution in [0, 0.1) is 5.41 Å². The Labute approximate surface area is 95.3 Å². The molecule has 1 aliphatic carbocycles. The lowest BCUT2D eigenvalue weighted by atomic mass is 10.1. The van der Waals surface area contributed by atoms with Crippen LogP contribution in [0.15, 0.2) is 24.3 Å². The zero-order chi connectivity index (χ0) is 10.7. The summed E-state index contributed by atoms with van der Waals surface area (Å²) in [6, 6.07) is 7.84. The molecule has 1 aromatic carbocycles. The van der Waals surface area contributed by atoms with Crippen molar-refractivity contribution in [2.45, 2.75) is 19.4 Å². The molecule has 82 valence electrons. The van der Waals surface area contributed by atoms with Crippen LogP contribution in [0.5, 0.6) is 0 Å². The van der Waals surface area contributed by atoms with Gasteiger partial charge in [0.2, 0.25) is 0 Å². The molecule has 0 amide bonds. The first kappa shape index (κ1) is 10.9. The average Bonchev–Trinajstić information content (AvgIpc) is 3.02. The molecule has 0 heterocycles. The quantitative estimate of drug-likeness (QED) is 0.806. The van der Waals surface area contributed by atoms with Crippen LogP contribution in [0.2, 0.25) is 5.02 Å². The number of rotatable bonds is 5. The highest BCUT2D eigenvalue weighted by atomic mass is 35.5. The van der Waals surface area contributed by atoms with E-state index in [-0.39, 0.29) is 5.41 Å². The number of aliphatic hydroxyl groups excluding tert-OH is 1. The summed E-state index contributed by atoms with van der Waals surface area (Å²) in [7, 11) is 0. The van der Waals surface area contributed by atoms with Gasteiger partial charge in [-0.05, 0) is 24.5 Å². The van der Waals surface area contributed by atoms with Crippen molar-refractivity contribution in [3.05, 3.63) is 34.9 Å². The summed E-state index contributed by atoms with van der Waals surface area (Å²) < 4.78 is 0. The first-order chi connectivity index (χ1) is 7.26. The van der Waals surface area contributed by atoms with Gasteiger partial charge < -0.3 is 10.4 Å². The van der Waals surface area contributed by atoms with E-state index < -0.39 is 0 Å². The van der Waals surface area contributed by atoms with Gasteiger partial charge in [-0.25, -0.2) is 0 Å². The predicted molar refractivity (Wildman–Crippen MR) is 61.9 cm³/mol. The molecule has 3 heteroatoms. The molecule has 0 aliphatic heterocycles. The highest BCUT2D eigenvalue weighted by Gasteiger charge is 2.41. The smallest absolute Gasteiger partial charge is 0.0499 e. The van der Waals surface area contributed by atoms with Crippen LogP contribution < -0.4 is 5.32 Å². The molecular weight excluding hydrogens is 210 g/mol. The summed E-state index contributed by atoms with van der Waals surface area (Å²) in [6.07, 6.45) is 2.28. The van der Waals surface area contributed by atoms with Crippen LogP contribution in [0.4, 0.5) is 0 Å². The molecule has 0 atom stereocenters. The van der Waals surface area contributed by atoms with Crippen molar-refractivity contribution in [2.75, 3.05) is 13.2 Å². The number of hydrogen-bond acceptors (Lipinski definition) is 2. The second-order valence-electron chi connectivity index (χ2n) is 4.35. The van der Waals surface area contributed by atoms with Crippen LogP contribution in [-0.2, 0) is 6.54 Å².